The van der Waals surface area contributed by atoms with Crippen LogP contribution in [0.15, 0.2) is 11.6 Å². The van der Waals surface area contributed by atoms with Crippen LogP contribution in [-0.4, -0.2) is 34.7 Å². The number of hydrogen-bond donors (Lipinski definition) is 0. The number of rotatable bonds is 2. The van der Waals surface area contributed by atoms with Gasteiger partial charge >= 0.3 is 0 Å². The van der Waals surface area contributed by atoms with Crippen molar-refractivity contribution in [3.05, 3.63) is 11.6 Å². The van der Waals surface area contributed by atoms with Gasteiger partial charge in [-0.25, -0.2) is 0 Å². The van der Waals surface area contributed by atoms with E-state index in [0.717, 1.165) is 45.3 Å². The topological polar surface area (TPSA) is 3.24 Å². The Bertz CT molecular complexity index is 466. The SMILES string of the molecule is CN(C)C1CCC(C=C2C3CC(Br)CCC3C3CCC(Br)CC23)CC1. The molecule has 1 nitrogen and oxygen atoms in total. The van der Waals surface area contributed by atoms with E-state index in [-0.39, 0.29) is 0 Å². The van der Waals surface area contributed by atoms with Crippen LogP contribution in [-0.2, 0) is 0 Å². The quantitative estimate of drug-likeness (QED) is 0.331. The molecular formula is C22H35Br2N. The average molecular weight is 473 g/mol. The first-order valence-electron chi connectivity index (χ1n) is 10.7. The van der Waals surface area contributed by atoms with Gasteiger partial charge in [0, 0.05) is 15.7 Å². The van der Waals surface area contributed by atoms with Gasteiger partial charge in [0.05, 0.1) is 0 Å². The zero-order valence-electron chi connectivity index (χ0n) is 16.0. The van der Waals surface area contributed by atoms with Crippen LogP contribution in [0.1, 0.15) is 64.2 Å². The summed E-state index contributed by atoms with van der Waals surface area (Å²) in [7, 11) is 4.51. The molecule has 4 saturated carbocycles. The van der Waals surface area contributed by atoms with E-state index in [1.54, 1.807) is 0 Å². The largest absolute Gasteiger partial charge is 0.306 e. The summed E-state index contributed by atoms with van der Waals surface area (Å²) in [6.45, 7) is 0. The highest BCUT2D eigenvalue weighted by atomic mass is 79.9. The predicted molar refractivity (Wildman–Crippen MR) is 115 cm³/mol. The molecule has 0 aromatic rings. The second kappa shape index (κ2) is 7.95. The molecule has 0 amide bonds. The summed E-state index contributed by atoms with van der Waals surface area (Å²) in [4.78, 5) is 3.97. The molecule has 142 valence electrons. The molecule has 0 bridgehead atoms. The van der Waals surface area contributed by atoms with E-state index in [1.807, 2.05) is 5.57 Å². The summed E-state index contributed by atoms with van der Waals surface area (Å²) < 4.78 is 0. The molecule has 4 fully saturated rings. The van der Waals surface area contributed by atoms with E-state index in [0.29, 0.717) is 0 Å². The number of fused-ring (bicyclic) bond motifs is 3. The van der Waals surface area contributed by atoms with E-state index >= 15 is 0 Å². The molecule has 0 aliphatic heterocycles. The maximum absolute atomic E-state index is 3.97. The van der Waals surface area contributed by atoms with E-state index < -0.39 is 0 Å². The molecule has 4 aliphatic carbocycles. The molecule has 0 aromatic heterocycles. The Morgan fingerprint density at radius 3 is 1.76 bits per heavy atom. The van der Waals surface area contributed by atoms with E-state index in [2.05, 4.69) is 56.9 Å². The van der Waals surface area contributed by atoms with Crippen molar-refractivity contribution in [1.29, 1.82) is 0 Å². The molecule has 3 heteroatoms. The summed E-state index contributed by atoms with van der Waals surface area (Å²) in [5.74, 6) is 4.67. The highest BCUT2D eigenvalue weighted by Crippen LogP contribution is 2.58. The van der Waals surface area contributed by atoms with Crippen molar-refractivity contribution in [3.8, 4) is 0 Å². The van der Waals surface area contributed by atoms with E-state index in [4.69, 9.17) is 0 Å². The lowest BCUT2D eigenvalue weighted by Gasteiger charge is -2.34. The number of hydrogen-bond acceptors (Lipinski definition) is 1. The average Bonchev–Trinajstić information content (AvgIpc) is 2.88. The number of nitrogens with zero attached hydrogens (tertiary/aromatic N) is 1. The number of halogens is 2. The van der Waals surface area contributed by atoms with Crippen LogP contribution in [0.5, 0.6) is 0 Å². The van der Waals surface area contributed by atoms with Gasteiger partial charge in [0.2, 0.25) is 0 Å². The molecule has 25 heavy (non-hydrogen) atoms. The lowest BCUT2D eigenvalue weighted by atomic mass is 9.73. The third-order valence-corrected chi connectivity index (χ3v) is 9.65. The molecule has 4 aliphatic rings. The third kappa shape index (κ3) is 3.94. The molecule has 0 heterocycles. The monoisotopic (exact) mass is 471 g/mol. The van der Waals surface area contributed by atoms with Crippen LogP contribution < -0.4 is 0 Å². The first-order chi connectivity index (χ1) is 12.0. The Morgan fingerprint density at radius 1 is 0.760 bits per heavy atom. The molecular weight excluding hydrogens is 438 g/mol. The molecule has 0 saturated heterocycles. The standard InChI is InChI=1S/C22H35Br2N/c1-25(2)17-7-3-14(4-8-17)11-20-21-12-15(23)5-9-18(21)19-10-6-16(24)13-22(19)20/h11,14-19,21-22H,3-10,12-13H2,1-2H3. The second-order valence-electron chi connectivity index (χ2n) is 9.56. The minimum Gasteiger partial charge on any atom is -0.306 e. The van der Waals surface area contributed by atoms with Crippen molar-refractivity contribution >= 4 is 31.9 Å². The lowest BCUT2D eigenvalue weighted by Crippen LogP contribution is -2.32. The van der Waals surface area contributed by atoms with Gasteiger partial charge in [-0.3, -0.25) is 0 Å². The Kier molecular flexibility index (Phi) is 6.04. The van der Waals surface area contributed by atoms with Crippen LogP contribution in [0.2, 0.25) is 0 Å². The summed E-state index contributed by atoms with van der Waals surface area (Å²) in [6, 6.07) is 0.821. The van der Waals surface area contributed by atoms with Crippen LogP contribution in [0.4, 0.5) is 0 Å². The zero-order chi connectivity index (χ0) is 17.6. The lowest BCUT2D eigenvalue weighted by molar-refractivity contribution is 0.190. The Labute approximate surface area is 171 Å². The van der Waals surface area contributed by atoms with Crippen molar-refractivity contribution in [3.63, 3.8) is 0 Å². The minimum absolute atomic E-state index is 0.765. The maximum Gasteiger partial charge on any atom is 0.0151 e. The van der Waals surface area contributed by atoms with Crippen molar-refractivity contribution in [2.75, 3.05) is 14.1 Å². The first kappa shape index (κ1) is 19.0. The molecule has 4 rings (SSSR count). The van der Waals surface area contributed by atoms with Gasteiger partial charge in [0.1, 0.15) is 0 Å². The van der Waals surface area contributed by atoms with E-state index in [9.17, 15) is 0 Å². The fraction of sp³-hybridized carbons (Fsp3) is 0.909. The van der Waals surface area contributed by atoms with Crippen molar-refractivity contribution in [1.82, 2.24) is 4.90 Å². The van der Waals surface area contributed by atoms with Crippen LogP contribution >= 0.6 is 31.9 Å². The van der Waals surface area contributed by atoms with Crippen LogP contribution in [0.3, 0.4) is 0 Å². The minimum atomic E-state index is 0.765. The normalized spacial score (nSPS) is 47.5. The summed E-state index contributed by atoms with van der Waals surface area (Å²) in [5, 5.41) is 0. The molecule has 0 radical (unpaired) electrons. The zero-order valence-corrected chi connectivity index (χ0v) is 19.1. The van der Waals surface area contributed by atoms with Crippen molar-refractivity contribution < 1.29 is 0 Å². The maximum atomic E-state index is 3.97. The first-order valence-corrected chi connectivity index (χ1v) is 12.5. The summed E-state index contributed by atoms with van der Waals surface area (Å²) in [6.07, 6.45) is 17.0. The number of alkyl halides is 2. The van der Waals surface area contributed by atoms with Gasteiger partial charge < -0.3 is 4.90 Å². The highest BCUT2D eigenvalue weighted by molar-refractivity contribution is 9.09. The smallest absolute Gasteiger partial charge is 0.0151 e. The highest BCUT2D eigenvalue weighted by Gasteiger charge is 2.50. The van der Waals surface area contributed by atoms with Crippen LogP contribution in [0.25, 0.3) is 0 Å². The molecule has 0 aromatic carbocycles. The van der Waals surface area contributed by atoms with Crippen LogP contribution in [0, 0.1) is 29.6 Å². The van der Waals surface area contributed by atoms with Gasteiger partial charge in [-0.15, -0.1) is 0 Å². The van der Waals surface area contributed by atoms with Gasteiger partial charge in [-0.1, -0.05) is 43.5 Å². The second-order valence-corrected chi connectivity index (χ2v) is 12.2. The van der Waals surface area contributed by atoms with E-state index in [1.165, 1.54) is 64.2 Å². The fourth-order valence-corrected chi connectivity index (χ4v) is 7.99. The van der Waals surface area contributed by atoms with Gasteiger partial charge in [0.25, 0.3) is 0 Å². The molecule has 0 N–H and O–H groups in total. The predicted octanol–water partition coefficient (Wildman–Crippen LogP) is 6.41. The Morgan fingerprint density at radius 2 is 1.28 bits per heavy atom. The number of allylic oxidation sites excluding steroid dienone is 2. The summed E-state index contributed by atoms with van der Waals surface area (Å²) >= 11 is 7.94. The van der Waals surface area contributed by atoms with Gasteiger partial charge in [-0.05, 0) is 108 Å². The van der Waals surface area contributed by atoms with Crippen molar-refractivity contribution in [2.45, 2.75) is 79.9 Å². The third-order valence-electron chi connectivity index (χ3n) is 7.99. The molecule has 6 unspecified atom stereocenters. The van der Waals surface area contributed by atoms with Gasteiger partial charge in [-0.2, -0.15) is 0 Å². The Hall–Kier alpha value is 0.660. The molecule has 0 spiro atoms. The Balaban J connectivity index is 1.53. The van der Waals surface area contributed by atoms with Crippen molar-refractivity contribution in [2.24, 2.45) is 29.6 Å². The summed E-state index contributed by atoms with van der Waals surface area (Å²) in [5.41, 5.74) is 1.91. The fourth-order valence-electron chi connectivity index (χ4n) is 6.66. The molecule has 6 atom stereocenters. The van der Waals surface area contributed by atoms with Gasteiger partial charge in [0.15, 0.2) is 0 Å².